The molecule has 1 aliphatic rings. The average Bonchev–Trinajstić information content (AvgIpc) is 2.90. The standard InChI is InChI=1S/C14H23N3O2S/c1-12-5-6-13(15)11-14(12)20(18,19)16-7-4-10-17-8-2-3-9-17/h5-6,11,16H,2-4,7-10,15H2,1H3. The highest BCUT2D eigenvalue weighted by Crippen LogP contribution is 2.18. The Balaban J connectivity index is 1.88. The number of hydrogen-bond acceptors (Lipinski definition) is 4. The molecule has 6 heteroatoms. The van der Waals surface area contributed by atoms with Crippen molar-refractivity contribution >= 4 is 15.7 Å². The van der Waals surface area contributed by atoms with Gasteiger partial charge in [0.05, 0.1) is 4.90 Å². The van der Waals surface area contributed by atoms with Crippen molar-refractivity contribution in [3.8, 4) is 0 Å². The second-order valence-electron chi connectivity index (χ2n) is 5.33. The van der Waals surface area contributed by atoms with Crippen molar-refractivity contribution in [1.29, 1.82) is 0 Å². The lowest BCUT2D eigenvalue weighted by molar-refractivity contribution is 0.334. The molecule has 1 aliphatic heterocycles. The third-order valence-corrected chi connectivity index (χ3v) is 5.25. The van der Waals surface area contributed by atoms with Crippen LogP contribution in [-0.2, 0) is 10.0 Å². The zero-order chi connectivity index (χ0) is 14.6. The van der Waals surface area contributed by atoms with Gasteiger partial charge in [0, 0.05) is 12.2 Å². The van der Waals surface area contributed by atoms with Crippen LogP contribution in [-0.4, -0.2) is 39.5 Å². The minimum Gasteiger partial charge on any atom is -0.399 e. The molecule has 1 saturated heterocycles. The van der Waals surface area contributed by atoms with Gasteiger partial charge in [-0.15, -0.1) is 0 Å². The summed E-state index contributed by atoms with van der Waals surface area (Å²) in [6, 6.07) is 4.95. The Labute approximate surface area is 121 Å². The van der Waals surface area contributed by atoms with Crippen LogP contribution in [0.25, 0.3) is 0 Å². The first-order valence-corrected chi connectivity index (χ1v) is 8.55. The number of aryl methyl sites for hydroxylation is 1. The van der Waals surface area contributed by atoms with Crippen molar-refractivity contribution in [1.82, 2.24) is 9.62 Å². The van der Waals surface area contributed by atoms with Crippen molar-refractivity contribution in [2.24, 2.45) is 0 Å². The maximum Gasteiger partial charge on any atom is 0.240 e. The van der Waals surface area contributed by atoms with Crippen molar-refractivity contribution in [2.75, 3.05) is 31.9 Å². The molecule has 1 fully saturated rings. The van der Waals surface area contributed by atoms with Gasteiger partial charge in [-0.25, -0.2) is 13.1 Å². The first kappa shape index (κ1) is 15.3. The molecule has 2 rings (SSSR count). The van der Waals surface area contributed by atoms with Crippen LogP contribution in [0.15, 0.2) is 23.1 Å². The van der Waals surface area contributed by atoms with E-state index in [1.165, 1.54) is 18.9 Å². The van der Waals surface area contributed by atoms with Gasteiger partial charge in [0.2, 0.25) is 10.0 Å². The molecule has 20 heavy (non-hydrogen) atoms. The summed E-state index contributed by atoms with van der Waals surface area (Å²) in [6.45, 7) is 5.48. The molecular weight excluding hydrogens is 274 g/mol. The van der Waals surface area contributed by atoms with E-state index in [2.05, 4.69) is 9.62 Å². The van der Waals surface area contributed by atoms with E-state index in [4.69, 9.17) is 5.73 Å². The fourth-order valence-corrected chi connectivity index (χ4v) is 3.85. The number of nitrogens with one attached hydrogen (secondary N) is 1. The third kappa shape index (κ3) is 3.94. The number of nitrogens with two attached hydrogens (primary N) is 1. The normalized spacial score (nSPS) is 16.6. The van der Waals surface area contributed by atoms with Crippen LogP contribution >= 0.6 is 0 Å². The van der Waals surface area contributed by atoms with Crippen LogP contribution in [0.4, 0.5) is 5.69 Å². The number of nitrogen functional groups attached to an aromatic ring is 1. The third-order valence-electron chi connectivity index (χ3n) is 3.64. The molecule has 0 aromatic heterocycles. The highest BCUT2D eigenvalue weighted by molar-refractivity contribution is 7.89. The van der Waals surface area contributed by atoms with Gasteiger partial charge in [-0.3, -0.25) is 0 Å². The number of nitrogens with zero attached hydrogens (tertiary/aromatic N) is 1. The van der Waals surface area contributed by atoms with E-state index in [0.717, 1.165) is 26.1 Å². The molecule has 3 N–H and O–H groups in total. The first-order valence-electron chi connectivity index (χ1n) is 7.07. The van der Waals surface area contributed by atoms with Gasteiger partial charge in [0.1, 0.15) is 0 Å². The summed E-state index contributed by atoms with van der Waals surface area (Å²) in [7, 11) is -3.46. The molecule has 0 aliphatic carbocycles. The molecule has 0 unspecified atom stereocenters. The van der Waals surface area contributed by atoms with Crippen LogP contribution in [0.3, 0.4) is 0 Å². The molecule has 0 spiro atoms. The van der Waals surface area contributed by atoms with Gasteiger partial charge in [0.25, 0.3) is 0 Å². The summed E-state index contributed by atoms with van der Waals surface area (Å²) in [4.78, 5) is 2.65. The maximum absolute atomic E-state index is 12.2. The summed E-state index contributed by atoms with van der Waals surface area (Å²) >= 11 is 0. The van der Waals surface area contributed by atoms with Gasteiger partial charge in [0.15, 0.2) is 0 Å². The van der Waals surface area contributed by atoms with E-state index in [1.807, 2.05) is 0 Å². The lowest BCUT2D eigenvalue weighted by Crippen LogP contribution is -2.29. The van der Waals surface area contributed by atoms with E-state index in [0.29, 0.717) is 17.8 Å². The second kappa shape index (κ2) is 6.56. The summed E-state index contributed by atoms with van der Waals surface area (Å²) in [5, 5.41) is 0. The van der Waals surface area contributed by atoms with Gasteiger partial charge in [-0.05, 0) is 63.5 Å². The monoisotopic (exact) mass is 297 g/mol. The first-order chi connectivity index (χ1) is 9.49. The number of sulfonamides is 1. The molecule has 5 nitrogen and oxygen atoms in total. The molecule has 0 radical (unpaired) electrons. The number of anilines is 1. The Bertz CT molecular complexity index is 552. The number of rotatable bonds is 6. The molecule has 112 valence electrons. The molecule has 0 amide bonds. The van der Waals surface area contributed by atoms with Crippen molar-refractivity contribution < 1.29 is 8.42 Å². The van der Waals surface area contributed by atoms with Crippen molar-refractivity contribution in [3.63, 3.8) is 0 Å². The molecule has 1 aromatic rings. The van der Waals surface area contributed by atoms with Gasteiger partial charge in [-0.1, -0.05) is 6.07 Å². The summed E-state index contributed by atoms with van der Waals surface area (Å²) in [5.74, 6) is 0. The van der Waals surface area contributed by atoms with Crippen LogP contribution in [0.5, 0.6) is 0 Å². The quantitative estimate of drug-likeness (QED) is 0.614. The van der Waals surface area contributed by atoms with Gasteiger partial charge in [-0.2, -0.15) is 0 Å². The van der Waals surface area contributed by atoms with Crippen LogP contribution < -0.4 is 10.5 Å². The van der Waals surface area contributed by atoms with Gasteiger partial charge < -0.3 is 10.6 Å². The number of likely N-dealkylation sites (tertiary alicyclic amines) is 1. The predicted molar refractivity (Wildman–Crippen MR) is 81.1 cm³/mol. The Morgan fingerprint density at radius 2 is 2.00 bits per heavy atom. The highest BCUT2D eigenvalue weighted by Gasteiger charge is 2.17. The molecule has 1 aromatic carbocycles. The van der Waals surface area contributed by atoms with Crippen molar-refractivity contribution in [2.45, 2.75) is 31.1 Å². The zero-order valence-electron chi connectivity index (χ0n) is 11.9. The largest absolute Gasteiger partial charge is 0.399 e. The van der Waals surface area contributed by atoms with Crippen LogP contribution in [0.1, 0.15) is 24.8 Å². The van der Waals surface area contributed by atoms with Gasteiger partial charge >= 0.3 is 0 Å². The molecule has 1 heterocycles. The lowest BCUT2D eigenvalue weighted by Gasteiger charge is -2.15. The predicted octanol–water partition coefficient (Wildman–Crippen LogP) is 1.34. The minimum absolute atomic E-state index is 0.277. The minimum atomic E-state index is -3.46. The Hall–Kier alpha value is -1.11. The molecule has 0 saturated carbocycles. The Morgan fingerprint density at radius 3 is 2.70 bits per heavy atom. The maximum atomic E-state index is 12.2. The van der Waals surface area contributed by atoms with E-state index in [1.54, 1.807) is 19.1 Å². The fourth-order valence-electron chi connectivity index (χ4n) is 2.50. The van der Waals surface area contributed by atoms with Crippen molar-refractivity contribution in [3.05, 3.63) is 23.8 Å². The lowest BCUT2D eigenvalue weighted by atomic mass is 10.2. The van der Waals surface area contributed by atoms with Crippen LogP contribution in [0, 0.1) is 6.92 Å². The molecule has 0 atom stereocenters. The van der Waals surface area contributed by atoms with E-state index in [9.17, 15) is 8.42 Å². The SMILES string of the molecule is Cc1ccc(N)cc1S(=O)(=O)NCCCN1CCCC1. The summed E-state index contributed by atoms with van der Waals surface area (Å²) in [5.41, 5.74) is 6.84. The molecular formula is C14H23N3O2S. The average molecular weight is 297 g/mol. The Kier molecular flexibility index (Phi) is 5.01. The molecule has 0 bridgehead atoms. The number of hydrogen-bond donors (Lipinski definition) is 2. The smallest absolute Gasteiger partial charge is 0.240 e. The number of benzene rings is 1. The van der Waals surface area contributed by atoms with E-state index in [-0.39, 0.29) is 4.90 Å². The summed E-state index contributed by atoms with van der Waals surface area (Å²) in [6.07, 6.45) is 3.35. The second-order valence-corrected chi connectivity index (χ2v) is 7.06. The fraction of sp³-hybridized carbons (Fsp3) is 0.571. The van der Waals surface area contributed by atoms with E-state index < -0.39 is 10.0 Å². The van der Waals surface area contributed by atoms with E-state index >= 15 is 0 Å². The Morgan fingerprint density at radius 1 is 1.30 bits per heavy atom. The topological polar surface area (TPSA) is 75.4 Å². The zero-order valence-corrected chi connectivity index (χ0v) is 12.7. The highest BCUT2D eigenvalue weighted by atomic mass is 32.2. The summed E-state index contributed by atoms with van der Waals surface area (Å²) < 4.78 is 27.1. The van der Waals surface area contributed by atoms with Crippen LogP contribution in [0.2, 0.25) is 0 Å².